The van der Waals surface area contributed by atoms with Gasteiger partial charge in [-0.2, -0.15) is 0 Å². The van der Waals surface area contributed by atoms with Crippen LogP contribution in [0.5, 0.6) is 23.0 Å². The smallest absolute Gasteiger partial charge is 0.344 e. The lowest BCUT2D eigenvalue weighted by atomic mass is 10.1. The second-order valence-corrected chi connectivity index (χ2v) is 5.78. The largest absolute Gasteiger partial charge is 0.493 e. The molecule has 3 rings (SSSR count). The Morgan fingerprint density at radius 2 is 1.96 bits per heavy atom. The zero-order valence-electron chi connectivity index (χ0n) is 15.0. The molecule has 0 spiro atoms. The van der Waals surface area contributed by atoms with Gasteiger partial charge in [0, 0.05) is 11.6 Å². The second kappa shape index (κ2) is 7.41. The summed E-state index contributed by atoms with van der Waals surface area (Å²) in [6.45, 7) is 1.42. The maximum Gasteiger partial charge on any atom is 0.344 e. The van der Waals surface area contributed by atoms with E-state index in [1.54, 1.807) is 30.3 Å². The molecule has 0 bridgehead atoms. The lowest BCUT2D eigenvalue weighted by Crippen LogP contribution is -2.22. The highest BCUT2D eigenvalue weighted by Crippen LogP contribution is 2.37. The fourth-order valence-corrected chi connectivity index (χ4v) is 2.66. The van der Waals surface area contributed by atoms with Crippen molar-refractivity contribution in [1.29, 1.82) is 0 Å². The molecule has 0 aromatic heterocycles. The van der Waals surface area contributed by atoms with Crippen LogP contribution in [0.3, 0.4) is 0 Å². The molecule has 2 aromatic carbocycles. The van der Waals surface area contributed by atoms with Crippen LogP contribution in [0, 0.1) is 0 Å². The van der Waals surface area contributed by atoms with Crippen LogP contribution in [0.4, 0.5) is 0 Å². The van der Waals surface area contributed by atoms with E-state index < -0.39 is 12.1 Å². The van der Waals surface area contributed by atoms with Gasteiger partial charge in [-0.15, -0.1) is 0 Å². The number of benzene rings is 2. The van der Waals surface area contributed by atoms with Crippen molar-refractivity contribution in [2.75, 3.05) is 14.2 Å². The third kappa shape index (κ3) is 3.57. The Labute approximate surface area is 155 Å². The summed E-state index contributed by atoms with van der Waals surface area (Å²) in [6, 6.07) is 9.88. The van der Waals surface area contributed by atoms with Crippen molar-refractivity contribution in [2.24, 2.45) is 0 Å². The molecule has 7 nitrogen and oxygen atoms in total. The third-order valence-corrected chi connectivity index (χ3v) is 4.02. The van der Waals surface area contributed by atoms with Crippen molar-refractivity contribution >= 4 is 17.8 Å². The number of carbonyl (C=O) groups excluding carboxylic acids is 1. The van der Waals surface area contributed by atoms with Crippen molar-refractivity contribution in [3.63, 3.8) is 0 Å². The number of allylic oxidation sites excluding steroid dienone is 1. The SMILES string of the molecule is COc1cccc(C=C2Oc3cc(OC(C)C(=O)O)ccc3C2=O)c1OC. The van der Waals surface area contributed by atoms with Gasteiger partial charge in [-0.1, -0.05) is 12.1 Å². The Kier molecular flexibility index (Phi) is 5.03. The molecule has 1 aliphatic heterocycles. The van der Waals surface area contributed by atoms with Gasteiger partial charge >= 0.3 is 5.97 Å². The molecule has 27 heavy (non-hydrogen) atoms. The van der Waals surface area contributed by atoms with Crippen molar-refractivity contribution in [2.45, 2.75) is 13.0 Å². The number of Topliss-reactive ketones (excluding diaryl/α,β-unsaturated/α-hetero) is 1. The first-order valence-electron chi connectivity index (χ1n) is 8.13. The number of hydrogen-bond acceptors (Lipinski definition) is 6. The molecule has 1 unspecified atom stereocenters. The predicted octanol–water partition coefficient (Wildman–Crippen LogP) is 3.17. The topological polar surface area (TPSA) is 91.3 Å². The Morgan fingerprint density at radius 3 is 2.63 bits per heavy atom. The number of para-hydroxylation sites is 1. The molecule has 1 N–H and O–H groups in total. The summed E-state index contributed by atoms with van der Waals surface area (Å²) < 4.78 is 21.6. The molecule has 140 valence electrons. The van der Waals surface area contributed by atoms with E-state index in [-0.39, 0.29) is 11.5 Å². The van der Waals surface area contributed by atoms with Gasteiger partial charge in [-0.3, -0.25) is 4.79 Å². The highest BCUT2D eigenvalue weighted by molar-refractivity contribution is 6.14. The molecular weight excluding hydrogens is 352 g/mol. The van der Waals surface area contributed by atoms with Crippen LogP contribution in [0.2, 0.25) is 0 Å². The average molecular weight is 370 g/mol. The van der Waals surface area contributed by atoms with Gasteiger partial charge in [0.1, 0.15) is 11.5 Å². The monoisotopic (exact) mass is 370 g/mol. The Bertz CT molecular complexity index is 930. The summed E-state index contributed by atoms with van der Waals surface area (Å²) in [5, 5.41) is 8.94. The van der Waals surface area contributed by atoms with Crippen molar-refractivity contribution in [1.82, 2.24) is 0 Å². The molecule has 0 amide bonds. The Morgan fingerprint density at radius 1 is 1.19 bits per heavy atom. The maximum absolute atomic E-state index is 12.6. The number of aliphatic carboxylic acids is 1. The van der Waals surface area contributed by atoms with Crippen LogP contribution in [0.25, 0.3) is 6.08 Å². The van der Waals surface area contributed by atoms with Gasteiger partial charge in [0.05, 0.1) is 19.8 Å². The summed E-state index contributed by atoms with van der Waals surface area (Å²) in [6.07, 6.45) is 0.556. The lowest BCUT2D eigenvalue weighted by molar-refractivity contribution is -0.144. The number of fused-ring (bicyclic) bond motifs is 1. The molecule has 2 aromatic rings. The zero-order valence-corrected chi connectivity index (χ0v) is 15.0. The van der Waals surface area contributed by atoms with E-state index in [1.807, 2.05) is 0 Å². The normalized spacial score (nSPS) is 15.1. The van der Waals surface area contributed by atoms with Crippen molar-refractivity contribution in [3.05, 3.63) is 53.3 Å². The minimum Gasteiger partial charge on any atom is -0.493 e. The van der Waals surface area contributed by atoms with Crippen molar-refractivity contribution in [3.8, 4) is 23.0 Å². The number of ketones is 1. The quantitative estimate of drug-likeness (QED) is 0.781. The molecule has 0 saturated carbocycles. The summed E-state index contributed by atoms with van der Waals surface area (Å²) in [5.41, 5.74) is 1.00. The molecule has 1 heterocycles. The number of carboxylic acid groups (broad SMARTS) is 1. The summed E-state index contributed by atoms with van der Waals surface area (Å²) in [5.74, 6) is 0.387. The van der Waals surface area contributed by atoms with Crippen LogP contribution < -0.4 is 18.9 Å². The third-order valence-electron chi connectivity index (χ3n) is 4.02. The maximum atomic E-state index is 12.6. The van der Waals surface area contributed by atoms with Crippen LogP contribution in [-0.4, -0.2) is 37.2 Å². The molecule has 7 heteroatoms. The molecule has 0 saturated heterocycles. The summed E-state index contributed by atoms with van der Waals surface area (Å²) >= 11 is 0. The van der Waals surface area contributed by atoms with Crippen LogP contribution in [0.15, 0.2) is 42.2 Å². The number of ether oxygens (including phenoxy) is 4. The molecular formula is C20H18O7. The van der Waals surface area contributed by atoms with Gasteiger partial charge in [-0.25, -0.2) is 4.79 Å². The molecule has 1 atom stereocenters. The van der Waals surface area contributed by atoms with E-state index in [2.05, 4.69) is 0 Å². The van der Waals surface area contributed by atoms with E-state index in [0.717, 1.165) is 0 Å². The Balaban J connectivity index is 1.91. The highest BCUT2D eigenvalue weighted by Gasteiger charge is 2.28. The second-order valence-electron chi connectivity index (χ2n) is 5.78. The fourth-order valence-electron chi connectivity index (χ4n) is 2.66. The first-order valence-corrected chi connectivity index (χ1v) is 8.13. The minimum absolute atomic E-state index is 0.125. The first kappa shape index (κ1) is 18.3. The van der Waals surface area contributed by atoms with Crippen LogP contribution >= 0.6 is 0 Å². The minimum atomic E-state index is -1.09. The first-order chi connectivity index (χ1) is 12.9. The average Bonchev–Trinajstić information content (AvgIpc) is 2.96. The number of methoxy groups -OCH3 is 2. The van der Waals surface area contributed by atoms with Gasteiger partial charge in [0.25, 0.3) is 0 Å². The van der Waals surface area contributed by atoms with E-state index >= 15 is 0 Å². The van der Waals surface area contributed by atoms with Gasteiger partial charge in [0.15, 0.2) is 23.4 Å². The van der Waals surface area contributed by atoms with Crippen LogP contribution in [0.1, 0.15) is 22.8 Å². The van der Waals surface area contributed by atoms with E-state index in [9.17, 15) is 9.59 Å². The predicted molar refractivity (Wildman–Crippen MR) is 96.6 cm³/mol. The number of carboxylic acids is 1. The van der Waals surface area contributed by atoms with E-state index in [4.69, 9.17) is 24.1 Å². The molecule has 0 aliphatic carbocycles. The van der Waals surface area contributed by atoms with Gasteiger partial charge in [0.2, 0.25) is 5.78 Å². The molecule has 1 aliphatic rings. The van der Waals surface area contributed by atoms with Gasteiger partial charge < -0.3 is 24.1 Å². The summed E-state index contributed by atoms with van der Waals surface area (Å²) in [4.78, 5) is 23.5. The standard InChI is InChI=1S/C20H18O7/c1-11(20(22)23)26-13-7-8-14-16(10-13)27-17(18(14)21)9-12-5-4-6-15(24-2)19(12)25-3/h4-11H,1-3H3,(H,22,23). The summed E-state index contributed by atoms with van der Waals surface area (Å²) in [7, 11) is 3.04. The van der Waals surface area contributed by atoms with E-state index in [1.165, 1.54) is 33.3 Å². The van der Waals surface area contributed by atoms with Crippen molar-refractivity contribution < 1.29 is 33.6 Å². The number of rotatable bonds is 6. The molecule has 0 fully saturated rings. The van der Waals surface area contributed by atoms with E-state index in [0.29, 0.717) is 34.1 Å². The fraction of sp³-hybridized carbons (Fsp3) is 0.200. The lowest BCUT2D eigenvalue weighted by Gasteiger charge is -2.11. The number of hydrogen-bond donors (Lipinski definition) is 1. The van der Waals surface area contributed by atoms with Crippen LogP contribution in [-0.2, 0) is 4.79 Å². The highest BCUT2D eigenvalue weighted by atomic mass is 16.5. The van der Waals surface area contributed by atoms with Gasteiger partial charge in [-0.05, 0) is 31.2 Å². The number of carbonyl (C=O) groups is 2. The Hall–Kier alpha value is -3.48. The zero-order chi connectivity index (χ0) is 19.6. The molecule has 0 radical (unpaired) electrons.